The summed E-state index contributed by atoms with van der Waals surface area (Å²) in [5.41, 5.74) is -0.622. The van der Waals surface area contributed by atoms with E-state index in [1.165, 1.54) is 18.2 Å². The van der Waals surface area contributed by atoms with Crippen molar-refractivity contribution in [2.45, 2.75) is 64.3 Å². The van der Waals surface area contributed by atoms with Gasteiger partial charge in [-0.25, -0.2) is 4.79 Å². The van der Waals surface area contributed by atoms with E-state index in [1.54, 1.807) is 26.8 Å². The van der Waals surface area contributed by atoms with Crippen LogP contribution in [0.15, 0.2) is 30.9 Å². The van der Waals surface area contributed by atoms with E-state index in [0.29, 0.717) is 24.8 Å². The molecule has 0 spiro atoms. The van der Waals surface area contributed by atoms with Gasteiger partial charge in [-0.2, -0.15) is 13.2 Å². The molecule has 0 saturated heterocycles. The average Bonchev–Trinajstić information content (AvgIpc) is 3.47. The molecule has 1 aromatic rings. The summed E-state index contributed by atoms with van der Waals surface area (Å²) in [6.45, 7) is 8.41. The molecule has 0 aliphatic heterocycles. The Morgan fingerprint density at radius 3 is 2.41 bits per heavy atom. The number of carbonyl (C=O) groups excluding carboxylic acids is 3. The number of hydrogen-bond donors (Lipinski definition) is 2. The number of halogens is 4. The zero-order chi connectivity index (χ0) is 25.7. The molecule has 1 aromatic carbocycles. The standard InChI is InChI=1S/C23H28ClF3N2O5/c1-5-10-33-20(32)29-17(13-23(25,26)27)18(30)28-16-11-14(6-7-15(16)24)12-22(8-9-22)19(31)34-21(2,3)4/h5-7,11,17H,1,8-10,12-13H2,2-4H3,(H,28,30)(H,29,32). The third-order valence-corrected chi connectivity index (χ3v) is 5.22. The molecule has 0 heterocycles. The molecule has 7 nitrogen and oxygen atoms in total. The van der Waals surface area contributed by atoms with Crippen molar-refractivity contribution in [2.75, 3.05) is 11.9 Å². The lowest BCUT2D eigenvalue weighted by atomic mass is 9.96. The lowest BCUT2D eigenvalue weighted by molar-refractivity contribution is -0.161. The molecule has 1 aliphatic carbocycles. The third-order valence-electron chi connectivity index (χ3n) is 4.89. The van der Waals surface area contributed by atoms with Gasteiger partial charge in [0, 0.05) is 0 Å². The van der Waals surface area contributed by atoms with Crippen LogP contribution in [0.5, 0.6) is 0 Å². The molecule has 0 bridgehead atoms. The molecule has 2 amide bonds. The molecule has 0 aromatic heterocycles. The van der Waals surface area contributed by atoms with Crippen LogP contribution in [0.25, 0.3) is 0 Å². The summed E-state index contributed by atoms with van der Waals surface area (Å²) in [7, 11) is 0. The SMILES string of the molecule is C=CCOC(=O)NC(CC(F)(F)F)C(=O)Nc1cc(CC2(C(=O)OC(C)(C)C)CC2)ccc1Cl. The van der Waals surface area contributed by atoms with Crippen molar-refractivity contribution in [3.63, 3.8) is 0 Å². The van der Waals surface area contributed by atoms with Crippen molar-refractivity contribution in [1.29, 1.82) is 0 Å². The maximum absolute atomic E-state index is 13.0. The van der Waals surface area contributed by atoms with Crippen LogP contribution in [0.3, 0.4) is 0 Å². The van der Waals surface area contributed by atoms with Crippen molar-refractivity contribution >= 4 is 35.3 Å². The predicted octanol–water partition coefficient (Wildman–Crippen LogP) is 5.18. The normalized spacial score (nSPS) is 15.6. The van der Waals surface area contributed by atoms with Gasteiger partial charge in [-0.15, -0.1) is 0 Å². The molecule has 1 aliphatic rings. The molecule has 2 rings (SSSR count). The first-order chi connectivity index (χ1) is 15.6. The Kier molecular flexibility index (Phi) is 8.63. The fourth-order valence-corrected chi connectivity index (χ4v) is 3.30. The van der Waals surface area contributed by atoms with Gasteiger partial charge in [0.25, 0.3) is 0 Å². The van der Waals surface area contributed by atoms with Crippen molar-refractivity contribution in [2.24, 2.45) is 5.41 Å². The smallest absolute Gasteiger partial charge is 0.408 e. The van der Waals surface area contributed by atoms with E-state index >= 15 is 0 Å². The maximum Gasteiger partial charge on any atom is 0.408 e. The summed E-state index contributed by atoms with van der Waals surface area (Å²) >= 11 is 6.14. The minimum absolute atomic E-state index is 0.0533. The number of alkyl halides is 3. The Hall–Kier alpha value is -2.75. The first-order valence-corrected chi connectivity index (χ1v) is 11.0. The lowest BCUT2D eigenvalue weighted by Crippen LogP contribution is -2.46. The summed E-state index contributed by atoms with van der Waals surface area (Å²) in [6.07, 6.45) is -4.72. The highest BCUT2D eigenvalue weighted by Gasteiger charge is 2.52. The zero-order valence-corrected chi connectivity index (χ0v) is 19.9. The number of carbonyl (C=O) groups is 3. The Morgan fingerprint density at radius 1 is 1.24 bits per heavy atom. The minimum Gasteiger partial charge on any atom is -0.460 e. The molecule has 11 heteroatoms. The van der Waals surface area contributed by atoms with E-state index in [2.05, 4.69) is 16.6 Å². The van der Waals surface area contributed by atoms with Gasteiger partial charge in [-0.1, -0.05) is 30.3 Å². The number of alkyl carbamates (subject to hydrolysis) is 1. The van der Waals surface area contributed by atoms with Crippen LogP contribution in [-0.4, -0.2) is 42.4 Å². The fourth-order valence-electron chi connectivity index (χ4n) is 3.14. The van der Waals surface area contributed by atoms with E-state index in [4.69, 9.17) is 16.3 Å². The third kappa shape index (κ3) is 8.55. The van der Waals surface area contributed by atoms with Crippen LogP contribution in [-0.2, 0) is 25.5 Å². The first kappa shape index (κ1) is 27.5. The largest absolute Gasteiger partial charge is 0.460 e. The molecule has 1 fully saturated rings. The molecule has 1 saturated carbocycles. The Balaban J connectivity index is 2.16. The number of benzene rings is 1. The number of rotatable bonds is 9. The van der Waals surface area contributed by atoms with Gasteiger partial charge in [-0.3, -0.25) is 9.59 Å². The molecule has 1 unspecified atom stereocenters. The van der Waals surface area contributed by atoms with Gasteiger partial charge in [0.05, 0.1) is 22.5 Å². The molecule has 0 radical (unpaired) electrons. The van der Waals surface area contributed by atoms with E-state index in [1.807, 2.05) is 5.32 Å². The molecular formula is C23H28ClF3N2O5. The molecule has 2 N–H and O–H groups in total. The van der Waals surface area contributed by atoms with Crippen LogP contribution in [0.1, 0.15) is 45.6 Å². The van der Waals surface area contributed by atoms with Gasteiger partial charge < -0.3 is 20.1 Å². The van der Waals surface area contributed by atoms with Crippen LogP contribution in [0, 0.1) is 5.41 Å². The Labute approximate surface area is 201 Å². The first-order valence-electron chi connectivity index (χ1n) is 10.6. The van der Waals surface area contributed by atoms with E-state index in [0.717, 1.165) is 0 Å². The summed E-state index contributed by atoms with van der Waals surface area (Å²) in [6, 6.07) is 2.68. The number of esters is 1. The van der Waals surface area contributed by atoms with Gasteiger partial charge in [0.15, 0.2) is 0 Å². The van der Waals surface area contributed by atoms with Gasteiger partial charge in [0.2, 0.25) is 5.91 Å². The van der Waals surface area contributed by atoms with E-state index < -0.39 is 41.7 Å². The Bertz CT molecular complexity index is 940. The number of ether oxygens (including phenoxy) is 2. The Morgan fingerprint density at radius 2 is 1.88 bits per heavy atom. The predicted molar refractivity (Wildman–Crippen MR) is 120 cm³/mol. The molecular weight excluding hydrogens is 477 g/mol. The minimum atomic E-state index is -4.73. The molecule has 1 atom stereocenters. The molecule has 34 heavy (non-hydrogen) atoms. The van der Waals surface area contributed by atoms with Crippen molar-refractivity contribution in [3.8, 4) is 0 Å². The highest BCUT2D eigenvalue weighted by Crippen LogP contribution is 2.50. The highest BCUT2D eigenvalue weighted by molar-refractivity contribution is 6.33. The summed E-state index contributed by atoms with van der Waals surface area (Å²) in [4.78, 5) is 36.9. The second kappa shape index (κ2) is 10.7. The van der Waals surface area contributed by atoms with Crippen molar-refractivity contribution in [3.05, 3.63) is 41.4 Å². The van der Waals surface area contributed by atoms with Gasteiger partial charge in [0.1, 0.15) is 18.2 Å². The zero-order valence-electron chi connectivity index (χ0n) is 19.2. The van der Waals surface area contributed by atoms with Crippen LogP contribution >= 0.6 is 11.6 Å². The lowest BCUT2D eigenvalue weighted by Gasteiger charge is -2.24. The number of anilines is 1. The van der Waals surface area contributed by atoms with E-state index in [-0.39, 0.29) is 23.3 Å². The highest BCUT2D eigenvalue weighted by atomic mass is 35.5. The number of hydrogen-bond acceptors (Lipinski definition) is 5. The summed E-state index contributed by atoms with van der Waals surface area (Å²) in [5, 5.41) is 4.32. The van der Waals surface area contributed by atoms with Crippen LogP contribution in [0.2, 0.25) is 5.02 Å². The summed E-state index contributed by atoms with van der Waals surface area (Å²) < 4.78 is 49.0. The number of nitrogens with one attached hydrogen (secondary N) is 2. The maximum atomic E-state index is 13.0. The van der Waals surface area contributed by atoms with Crippen molar-refractivity contribution < 1.29 is 37.0 Å². The van der Waals surface area contributed by atoms with Gasteiger partial charge in [-0.05, 0) is 57.7 Å². The second-order valence-corrected chi connectivity index (χ2v) is 9.57. The van der Waals surface area contributed by atoms with Crippen molar-refractivity contribution in [1.82, 2.24) is 5.32 Å². The number of amides is 2. The van der Waals surface area contributed by atoms with Gasteiger partial charge >= 0.3 is 18.2 Å². The topological polar surface area (TPSA) is 93.7 Å². The van der Waals surface area contributed by atoms with Crippen LogP contribution < -0.4 is 10.6 Å². The van der Waals surface area contributed by atoms with Crippen LogP contribution in [0.4, 0.5) is 23.7 Å². The second-order valence-electron chi connectivity index (χ2n) is 9.17. The monoisotopic (exact) mass is 504 g/mol. The van der Waals surface area contributed by atoms with E-state index in [9.17, 15) is 27.6 Å². The average molecular weight is 505 g/mol. The quantitative estimate of drug-likeness (QED) is 0.357. The summed E-state index contributed by atoms with van der Waals surface area (Å²) in [5.74, 6) is -1.45. The fraction of sp³-hybridized carbons (Fsp3) is 0.522. The molecule has 188 valence electrons.